The van der Waals surface area contributed by atoms with Gasteiger partial charge < -0.3 is 10.7 Å². The summed E-state index contributed by atoms with van der Waals surface area (Å²) in [6, 6.07) is 7.66. The smallest absolute Gasteiger partial charge is 0.227 e. The van der Waals surface area contributed by atoms with Gasteiger partial charge in [0.05, 0.1) is 11.0 Å². The lowest BCUT2D eigenvalue weighted by Gasteiger charge is -2.10. The number of fused-ring (bicyclic) bond motifs is 1. The van der Waals surface area contributed by atoms with Gasteiger partial charge in [0.1, 0.15) is 0 Å². The van der Waals surface area contributed by atoms with Crippen LogP contribution in [0, 0.1) is 5.92 Å². The molecule has 2 rings (SSSR count). The van der Waals surface area contributed by atoms with E-state index in [-0.39, 0.29) is 11.8 Å². The molecule has 0 fully saturated rings. The second kappa shape index (κ2) is 5.64. The number of para-hydroxylation sites is 2. The number of hydrogen-bond acceptors (Lipinski definition) is 3. The number of aromatic nitrogens is 2. The van der Waals surface area contributed by atoms with Crippen LogP contribution in [0.25, 0.3) is 11.0 Å². The average molecular weight is 246 g/mol. The lowest BCUT2D eigenvalue weighted by Crippen LogP contribution is -2.22. The van der Waals surface area contributed by atoms with Crippen LogP contribution >= 0.6 is 0 Å². The number of aromatic amines is 1. The molecule has 1 heterocycles. The Labute approximate surface area is 106 Å². The fraction of sp³-hybridized carbons (Fsp3) is 0.385. The topological polar surface area (TPSA) is 83.8 Å². The largest absolute Gasteiger partial charge is 0.330 e. The summed E-state index contributed by atoms with van der Waals surface area (Å²) in [5, 5.41) is 2.77. The van der Waals surface area contributed by atoms with Crippen molar-refractivity contribution in [3.8, 4) is 0 Å². The van der Waals surface area contributed by atoms with Crippen LogP contribution in [0.1, 0.15) is 19.8 Å². The normalized spacial score (nSPS) is 12.6. The molecular weight excluding hydrogens is 228 g/mol. The highest BCUT2D eigenvalue weighted by atomic mass is 16.1. The number of carbonyl (C=O) groups excluding carboxylic acids is 1. The molecule has 0 aliphatic rings. The van der Waals surface area contributed by atoms with E-state index in [9.17, 15) is 4.79 Å². The molecule has 0 radical (unpaired) electrons. The van der Waals surface area contributed by atoms with Crippen molar-refractivity contribution in [3.05, 3.63) is 24.3 Å². The molecule has 96 valence electrons. The van der Waals surface area contributed by atoms with Crippen molar-refractivity contribution in [2.24, 2.45) is 11.7 Å². The highest BCUT2D eigenvalue weighted by molar-refractivity contribution is 5.91. The molecular formula is C13H18N4O. The molecule has 18 heavy (non-hydrogen) atoms. The van der Waals surface area contributed by atoms with Gasteiger partial charge in [-0.1, -0.05) is 25.5 Å². The van der Waals surface area contributed by atoms with Crippen LogP contribution in [0.2, 0.25) is 0 Å². The van der Waals surface area contributed by atoms with Gasteiger partial charge in [-0.25, -0.2) is 4.98 Å². The summed E-state index contributed by atoms with van der Waals surface area (Å²) in [5.41, 5.74) is 7.34. The summed E-state index contributed by atoms with van der Waals surface area (Å²) in [5.74, 6) is 0.675. The summed E-state index contributed by atoms with van der Waals surface area (Å²) in [6.45, 7) is 2.57. The molecule has 1 amide bonds. The summed E-state index contributed by atoms with van der Waals surface area (Å²) >= 11 is 0. The maximum atomic E-state index is 11.8. The minimum absolute atomic E-state index is 0.0497. The maximum Gasteiger partial charge on any atom is 0.227 e. The minimum Gasteiger partial charge on any atom is -0.330 e. The van der Waals surface area contributed by atoms with E-state index < -0.39 is 0 Å². The van der Waals surface area contributed by atoms with E-state index in [0.717, 1.165) is 17.5 Å². The first kappa shape index (κ1) is 12.6. The lowest BCUT2D eigenvalue weighted by molar-refractivity contribution is -0.117. The zero-order chi connectivity index (χ0) is 13.0. The molecule has 2 aromatic rings. The number of amides is 1. The van der Waals surface area contributed by atoms with Crippen LogP contribution in [-0.4, -0.2) is 22.4 Å². The Morgan fingerprint density at radius 3 is 2.94 bits per heavy atom. The number of rotatable bonds is 5. The lowest BCUT2D eigenvalue weighted by atomic mass is 10.0. The molecule has 1 atom stereocenters. The van der Waals surface area contributed by atoms with E-state index in [1.807, 2.05) is 31.2 Å². The van der Waals surface area contributed by atoms with Crippen LogP contribution in [-0.2, 0) is 4.79 Å². The molecule has 0 aliphatic carbocycles. The molecule has 0 aliphatic heterocycles. The highest BCUT2D eigenvalue weighted by Gasteiger charge is 2.12. The first-order valence-corrected chi connectivity index (χ1v) is 6.17. The van der Waals surface area contributed by atoms with Gasteiger partial charge in [0.15, 0.2) is 0 Å². The minimum atomic E-state index is -0.0497. The molecule has 0 bridgehead atoms. The van der Waals surface area contributed by atoms with E-state index >= 15 is 0 Å². The molecule has 1 aromatic heterocycles. The Hall–Kier alpha value is -1.88. The number of nitrogens with two attached hydrogens (primary N) is 1. The Bertz CT molecular complexity index is 498. The van der Waals surface area contributed by atoms with Gasteiger partial charge in [-0.05, 0) is 24.6 Å². The predicted octanol–water partition coefficient (Wildman–Crippen LogP) is 1.88. The summed E-state index contributed by atoms with van der Waals surface area (Å²) in [6.07, 6.45) is 1.34. The van der Waals surface area contributed by atoms with Crippen LogP contribution in [0.15, 0.2) is 24.3 Å². The third-order valence-corrected chi connectivity index (χ3v) is 3.03. The first-order chi connectivity index (χ1) is 8.72. The van der Waals surface area contributed by atoms with Gasteiger partial charge in [0.2, 0.25) is 11.9 Å². The molecule has 5 nitrogen and oxygen atoms in total. The van der Waals surface area contributed by atoms with E-state index in [2.05, 4.69) is 15.3 Å². The average Bonchev–Trinajstić information content (AvgIpc) is 2.77. The van der Waals surface area contributed by atoms with E-state index in [0.29, 0.717) is 18.9 Å². The number of hydrogen-bond donors (Lipinski definition) is 3. The Kier molecular flexibility index (Phi) is 3.94. The second-order valence-electron chi connectivity index (χ2n) is 4.36. The van der Waals surface area contributed by atoms with Crippen molar-refractivity contribution in [2.45, 2.75) is 19.8 Å². The van der Waals surface area contributed by atoms with Crippen molar-refractivity contribution in [3.63, 3.8) is 0 Å². The van der Waals surface area contributed by atoms with Gasteiger partial charge in [-0.15, -0.1) is 0 Å². The van der Waals surface area contributed by atoms with E-state index in [1.54, 1.807) is 0 Å². The van der Waals surface area contributed by atoms with Crippen LogP contribution < -0.4 is 11.1 Å². The van der Waals surface area contributed by atoms with Crippen molar-refractivity contribution < 1.29 is 4.79 Å². The Morgan fingerprint density at radius 1 is 1.50 bits per heavy atom. The van der Waals surface area contributed by atoms with Gasteiger partial charge in [-0.2, -0.15) is 0 Å². The van der Waals surface area contributed by atoms with Gasteiger partial charge in [0.25, 0.3) is 0 Å². The third kappa shape index (κ3) is 2.87. The quantitative estimate of drug-likeness (QED) is 0.753. The van der Waals surface area contributed by atoms with Crippen LogP contribution in [0.4, 0.5) is 5.95 Å². The molecule has 0 spiro atoms. The van der Waals surface area contributed by atoms with Crippen molar-refractivity contribution in [2.75, 3.05) is 11.9 Å². The number of nitrogens with one attached hydrogen (secondary N) is 2. The monoisotopic (exact) mass is 246 g/mol. The molecule has 0 saturated heterocycles. The number of benzene rings is 1. The van der Waals surface area contributed by atoms with Crippen LogP contribution in [0.5, 0.6) is 0 Å². The molecule has 4 N–H and O–H groups in total. The fourth-order valence-electron chi connectivity index (χ4n) is 1.85. The maximum absolute atomic E-state index is 11.8. The number of nitrogens with zero attached hydrogens (tertiary/aromatic N) is 1. The highest BCUT2D eigenvalue weighted by Crippen LogP contribution is 2.14. The summed E-state index contributed by atoms with van der Waals surface area (Å²) in [4.78, 5) is 19.1. The Morgan fingerprint density at radius 2 is 2.28 bits per heavy atom. The van der Waals surface area contributed by atoms with Crippen LogP contribution in [0.3, 0.4) is 0 Å². The number of imidazole rings is 1. The van der Waals surface area contributed by atoms with Gasteiger partial charge in [0, 0.05) is 6.42 Å². The standard InChI is InChI=1S/C13H18N4O/c1-2-9(8-14)7-12(18)17-13-15-10-5-3-4-6-11(10)16-13/h3-6,9H,2,7-8,14H2,1H3,(H2,15,16,17,18). The van der Waals surface area contributed by atoms with E-state index in [4.69, 9.17) is 5.73 Å². The van der Waals surface area contributed by atoms with Gasteiger partial charge >= 0.3 is 0 Å². The Balaban J connectivity index is 2.02. The second-order valence-corrected chi connectivity index (χ2v) is 4.36. The van der Waals surface area contributed by atoms with Crippen molar-refractivity contribution >= 4 is 22.9 Å². The molecule has 1 aromatic carbocycles. The summed E-state index contributed by atoms with van der Waals surface area (Å²) in [7, 11) is 0. The van der Waals surface area contributed by atoms with Gasteiger partial charge in [-0.3, -0.25) is 10.1 Å². The summed E-state index contributed by atoms with van der Waals surface area (Å²) < 4.78 is 0. The molecule has 0 saturated carbocycles. The zero-order valence-corrected chi connectivity index (χ0v) is 10.4. The predicted molar refractivity (Wildman–Crippen MR) is 72.2 cm³/mol. The first-order valence-electron chi connectivity index (χ1n) is 6.17. The molecule has 5 heteroatoms. The number of carbonyl (C=O) groups is 1. The molecule has 1 unspecified atom stereocenters. The fourth-order valence-corrected chi connectivity index (χ4v) is 1.85. The van der Waals surface area contributed by atoms with Crippen molar-refractivity contribution in [1.82, 2.24) is 9.97 Å². The number of H-pyrrole nitrogens is 1. The third-order valence-electron chi connectivity index (χ3n) is 3.03. The van der Waals surface area contributed by atoms with E-state index in [1.165, 1.54) is 0 Å². The SMILES string of the molecule is CCC(CN)CC(=O)Nc1nc2ccccc2[nH]1. The van der Waals surface area contributed by atoms with Crippen molar-refractivity contribution in [1.29, 1.82) is 0 Å². The zero-order valence-electron chi connectivity index (χ0n) is 10.4. The number of anilines is 1.